The molecule has 0 radical (unpaired) electrons. The summed E-state index contributed by atoms with van der Waals surface area (Å²) in [6.07, 6.45) is -0.436. The minimum Gasteiger partial charge on any atom is -0.442 e. The number of ketones is 1. The van der Waals surface area contributed by atoms with Crippen molar-refractivity contribution in [1.82, 2.24) is 9.88 Å². The van der Waals surface area contributed by atoms with E-state index in [0.29, 0.717) is 19.4 Å². The summed E-state index contributed by atoms with van der Waals surface area (Å²) >= 11 is 0. The molecule has 8 heteroatoms. The molecule has 1 aromatic heterocycles. The van der Waals surface area contributed by atoms with Crippen LogP contribution in [0.2, 0.25) is 0 Å². The lowest BCUT2D eigenvalue weighted by molar-refractivity contribution is -0.274. The number of likely N-dealkylation sites (tertiary alicyclic amines) is 1. The van der Waals surface area contributed by atoms with Crippen molar-refractivity contribution in [2.24, 2.45) is 5.92 Å². The molecule has 1 saturated heterocycles. The van der Waals surface area contributed by atoms with Crippen molar-refractivity contribution >= 4 is 5.78 Å². The smallest absolute Gasteiger partial charge is 0.442 e. The standard InChI is InChI=1S/C17H17F3N2O3/c18-17(19,20)25-14-3-1-12(2-4-14)11-22-8-5-13(6-9-22)15(23)16-21-7-10-24-16/h1-4,7,10,13H,5-6,8-9,11H2. The van der Waals surface area contributed by atoms with E-state index in [1.165, 1.54) is 24.6 Å². The second-order valence-corrected chi connectivity index (χ2v) is 5.94. The van der Waals surface area contributed by atoms with E-state index in [2.05, 4.69) is 14.6 Å². The minimum absolute atomic E-state index is 0.0710. The second-order valence-electron chi connectivity index (χ2n) is 5.94. The zero-order chi connectivity index (χ0) is 17.9. The molecule has 0 bridgehead atoms. The normalized spacial score (nSPS) is 16.8. The van der Waals surface area contributed by atoms with Gasteiger partial charge in [-0.3, -0.25) is 9.69 Å². The number of hydrogen-bond donors (Lipinski definition) is 0. The van der Waals surface area contributed by atoms with Crippen molar-refractivity contribution in [2.75, 3.05) is 13.1 Å². The summed E-state index contributed by atoms with van der Waals surface area (Å²) in [4.78, 5) is 18.3. The molecule has 2 aromatic rings. The molecule has 0 saturated carbocycles. The summed E-state index contributed by atoms with van der Waals surface area (Å²) in [6.45, 7) is 2.09. The largest absolute Gasteiger partial charge is 0.573 e. The van der Waals surface area contributed by atoms with Crippen LogP contribution in [0.5, 0.6) is 5.75 Å². The molecule has 1 aliphatic heterocycles. The van der Waals surface area contributed by atoms with Crippen molar-refractivity contribution in [3.05, 3.63) is 48.2 Å². The Morgan fingerprint density at radius 2 is 1.92 bits per heavy atom. The molecule has 0 atom stereocenters. The van der Waals surface area contributed by atoms with Crippen molar-refractivity contribution in [3.8, 4) is 5.75 Å². The van der Waals surface area contributed by atoms with E-state index in [1.807, 2.05) is 0 Å². The van der Waals surface area contributed by atoms with E-state index in [0.717, 1.165) is 18.7 Å². The van der Waals surface area contributed by atoms with E-state index >= 15 is 0 Å². The topological polar surface area (TPSA) is 55.6 Å². The predicted octanol–water partition coefficient (Wildman–Crippen LogP) is 3.67. The zero-order valence-electron chi connectivity index (χ0n) is 13.3. The van der Waals surface area contributed by atoms with Gasteiger partial charge in [0.15, 0.2) is 0 Å². The fourth-order valence-corrected chi connectivity index (χ4v) is 2.93. The molecule has 0 N–H and O–H groups in total. The Morgan fingerprint density at radius 3 is 2.48 bits per heavy atom. The number of carbonyl (C=O) groups excluding carboxylic acids is 1. The molecular formula is C17H17F3N2O3. The van der Waals surface area contributed by atoms with E-state index in [-0.39, 0.29) is 23.3 Å². The van der Waals surface area contributed by atoms with Crippen molar-refractivity contribution in [2.45, 2.75) is 25.7 Å². The maximum Gasteiger partial charge on any atom is 0.573 e. The number of benzene rings is 1. The molecule has 2 heterocycles. The number of piperidine rings is 1. The lowest BCUT2D eigenvalue weighted by atomic mass is 9.92. The number of alkyl halides is 3. The Kier molecular flexibility index (Phi) is 5.08. The molecule has 0 amide bonds. The molecule has 0 spiro atoms. The van der Waals surface area contributed by atoms with Gasteiger partial charge in [0, 0.05) is 12.5 Å². The monoisotopic (exact) mass is 354 g/mol. The first-order valence-electron chi connectivity index (χ1n) is 7.91. The third-order valence-electron chi connectivity index (χ3n) is 4.16. The molecule has 1 aliphatic rings. The lowest BCUT2D eigenvalue weighted by Crippen LogP contribution is -2.36. The van der Waals surface area contributed by atoms with E-state index < -0.39 is 6.36 Å². The Morgan fingerprint density at radius 1 is 1.24 bits per heavy atom. The van der Waals surface area contributed by atoms with Gasteiger partial charge >= 0.3 is 6.36 Å². The predicted molar refractivity (Wildman–Crippen MR) is 82.0 cm³/mol. The number of hydrogen-bond acceptors (Lipinski definition) is 5. The van der Waals surface area contributed by atoms with Gasteiger partial charge in [-0.15, -0.1) is 13.2 Å². The number of nitrogens with zero attached hydrogens (tertiary/aromatic N) is 2. The van der Waals surface area contributed by atoms with Gasteiger partial charge in [-0.1, -0.05) is 12.1 Å². The third kappa shape index (κ3) is 4.82. The molecule has 0 unspecified atom stereocenters. The molecule has 0 aliphatic carbocycles. The fraction of sp³-hybridized carbons (Fsp3) is 0.412. The van der Waals surface area contributed by atoms with Gasteiger partial charge in [0.2, 0.25) is 5.78 Å². The molecule has 5 nitrogen and oxygen atoms in total. The first-order valence-corrected chi connectivity index (χ1v) is 7.91. The van der Waals surface area contributed by atoms with E-state index in [4.69, 9.17) is 4.42 Å². The van der Waals surface area contributed by atoms with Crippen LogP contribution in [-0.4, -0.2) is 35.1 Å². The van der Waals surface area contributed by atoms with Crippen LogP contribution in [0, 0.1) is 5.92 Å². The first kappa shape index (κ1) is 17.5. The van der Waals surface area contributed by atoms with Gasteiger partial charge in [-0.05, 0) is 43.6 Å². The highest BCUT2D eigenvalue weighted by Gasteiger charge is 2.31. The van der Waals surface area contributed by atoms with Crippen LogP contribution in [0.15, 0.2) is 41.1 Å². The van der Waals surface area contributed by atoms with E-state index in [9.17, 15) is 18.0 Å². The van der Waals surface area contributed by atoms with E-state index in [1.54, 1.807) is 12.1 Å². The Hall–Kier alpha value is -2.35. The van der Waals surface area contributed by atoms with Crippen LogP contribution in [0.3, 0.4) is 0 Å². The van der Waals surface area contributed by atoms with Crippen LogP contribution in [0.1, 0.15) is 29.1 Å². The highest BCUT2D eigenvalue weighted by atomic mass is 19.4. The van der Waals surface area contributed by atoms with Gasteiger partial charge in [-0.25, -0.2) is 4.98 Å². The Bertz CT molecular complexity index is 691. The highest BCUT2D eigenvalue weighted by Crippen LogP contribution is 2.25. The maximum atomic E-state index is 12.2. The summed E-state index contributed by atoms with van der Waals surface area (Å²) in [7, 11) is 0. The van der Waals surface area contributed by atoms with Crippen LogP contribution < -0.4 is 4.74 Å². The summed E-state index contributed by atoms with van der Waals surface area (Å²) < 4.78 is 45.4. The second kappa shape index (κ2) is 7.26. The quantitative estimate of drug-likeness (QED) is 0.767. The van der Waals surface area contributed by atoms with Crippen LogP contribution >= 0.6 is 0 Å². The first-order chi connectivity index (χ1) is 11.9. The Balaban J connectivity index is 1.50. The minimum atomic E-state index is -4.68. The van der Waals surface area contributed by atoms with Crippen molar-refractivity contribution in [1.29, 1.82) is 0 Å². The number of Topliss-reactive ketones (excluding diaryl/α,β-unsaturated/α-hetero) is 1. The van der Waals surface area contributed by atoms with Gasteiger partial charge in [-0.2, -0.15) is 0 Å². The number of ether oxygens (including phenoxy) is 1. The number of oxazole rings is 1. The molecule has 134 valence electrons. The maximum absolute atomic E-state index is 12.2. The average Bonchev–Trinajstić information content (AvgIpc) is 3.10. The fourth-order valence-electron chi connectivity index (χ4n) is 2.93. The lowest BCUT2D eigenvalue weighted by Gasteiger charge is -2.30. The molecule has 1 fully saturated rings. The highest BCUT2D eigenvalue weighted by molar-refractivity contribution is 5.93. The number of halogens is 3. The zero-order valence-corrected chi connectivity index (χ0v) is 13.3. The van der Waals surface area contributed by atoms with Crippen molar-refractivity contribution in [3.63, 3.8) is 0 Å². The van der Waals surface area contributed by atoms with Crippen LogP contribution in [-0.2, 0) is 6.54 Å². The summed E-state index contributed by atoms with van der Waals surface area (Å²) in [5, 5.41) is 0. The molecule has 25 heavy (non-hydrogen) atoms. The van der Waals surface area contributed by atoms with Gasteiger partial charge in [0.05, 0.1) is 6.20 Å². The molecule has 3 rings (SSSR count). The van der Waals surface area contributed by atoms with Crippen molar-refractivity contribution < 1.29 is 27.1 Å². The number of aromatic nitrogens is 1. The van der Waals surface area contributed by atoms with Gasteiger partial charge in [0.1, 0.15) is 12.0 Å². The Labute approximate surface area is 142 Å². The molecule has 1 aromatic carbocycles. The SMILES string of the molecule is O=C(c1ncco1)C1CCN(Cc2ccc(OC(F)(F)F)cc2)CC1. The average molecular weight is 354 g/mol. The van der Waals surface area contributed by atoms with Crippen LogP contribution in [0.4, 0.5) is 13.2 Å². The summed E-state index contributed by atoms with van der Waals surface area (Å²) in [5.74, 6) is -0.249. The number of rotatable bonds is 5. The van der Waals surface area contributed by atoms with Gasteiger partial charge < -0.3 is 9.15 Å². The third-order valence-corrected chi connectivity index (χ3v) is 4.16. The molecular weight excluding hydrogens is 337 g/mol. The summed E-state index contributed by atoms with van der Waals surface area (Å²) in [6, 6.07) is 5.85. The van der Waals surface area contributed by atoms with Crippen LogP contribution in [0.25, 0.3) is 0 Å². The number of carbonyl (C=O) groups is 1. The van der Waals surface area contributed by atoms with Gasteiger partial charge in [0.25, 0.3) is 5.89 Å². The summed E-state index contributed by atoms with van der Waals surface area (Å²) in [5.41, 5.74) is 0.895.